The Labute approximate surface area is 144 Å². The molecule has 4 unspecified atom stereocenters. The molecule has 0 aromatic rings. The summed E-state index contributed by atoms with van der Waals surface area (Å²) in [6, 6.07) is 0. The lowest BCUT2D eigenvalue weighted by Crippen LogP contribution is -2.44. The van der Waals surface area contributed by atoms with Crippen molar-refractivity contribution in [3.8, 4) is 0 Å². The summed E-state index contributed by atoms with van der Waals surface area (Å²) in [7, 11) is -0.134. The Balaban J connectivity index is 2.03. The summed E-state index contributed by atoms with van der Waals surface area (Å²) in [5.74, 6) is 1.28. The van der Waals surface area contributed by atoms with Crippen LogP contribution in [0.3, 0.4) is 0 Å². The molecule has 3 aliphatic carbocycles. The normalized spacial score (nSPS) is 42.1. The van der Waals surface area contributed by atoms with Crippen molar-refractivity contribution in [1.29, 1.82) is 0 Å². The van der Waals surface area contributed by atoms with Crippen LogP contribution in [0.15, 0.2) is 48.6 Å². The molecule has 23 heavy (non-hydrogen) atoms. The fourth-order valence-electron chi connectivity index (χ4n) is 4.90. The number of hydrogen-bond acceptors (Lipinski definition) is 0. The molecule has 0 saturated heterocycles. The molecule has 0 bridgehead atoms. The van der Waals surface area contributed by atoms with E-state index >= 15 is 0 Å². The van der Waals surface area contributed by atoms with Crippen molar-refractivity contribution < 1.29 is 0 Å². The van der Waals surface area contributed by atoms with Crippen LogP contribution in [0.5, 0.6) is 0 Å². The van der Waals surface area contributed by atoms with Gasteiger partial charge in [-0.2, -0.15) is 0 Å². The highest BCUT2D eigenvalue weighted by molar-refractivity contribution is 7.62. The van der Waals surface area contributed by atoms with Crippen molar-refractivity contribution in [3.63, 3.8) is 0 Å². The van der Waals surface area contributed by atoms with Crippen LogP contribution < -0.4 is 0 Å². The first kappa shape index (κ1) is 17.2. The third-order valence-corrected chi connectivity index (χ3v) is 11.1. The molecule has 3 rings (SSSR count). The van der Waals surface area contributed by atoms with Gasteiger partial charge in [0.25, 0.3) is 0 Å². The van der Waals surface area contributed by atoms with E-state index in [1.165, 1.54) is 32.1 Å². The predicted octanol–water partition coefficient (Wildman–Crippen LogP) is 6.84. The lowest BCUT2D eigenvalue weighted by molar-refractivity contribution is 0.473. The van der Waals surface area contributed by atoms with Gasteiger partial charge in [-0.05, 0) is 30.3 Å². The van der Waals surface area contributed by atoms with Crippen molar-refractivity contribution in [2.45, 2.75) is 75.8 Å². The summed E-state index contributed by atoms with van der Waals surface area (Å²) < 4.78 is 0. The molecule has 0 aromatic carbocycles. The molecule has 1 heteroatoms. The third-order valence-electron chi connectivity index (χ3n) is 6.71. The van der Waals surface area contributed by atoms with Gasteiger partial charge in [-0.1, -0.05) is 103 Å². The number of rotatable bonds is 3. The van der Waals surface area contributed by atoms with Crippen molar-refractivity contribution >= 4 is 7.92 Å². The van der Waals surface area contributed by atoms with Gasteiger partial charge in [0.1, 0.15) is 0 Å². The van der Waals surface area contributed by atoms with E-state index in [0.717, 1.165) is 5.66 Å². The zero-order chi connectivity index (χ0) is 16.5. The quantitative estimate of drug-likeness (QED) is 0.497. The molecule has 0 radical (unpaired) electrons. The Hall–Kier alpha value is -0.610. The SMILES string of the molecule is CC1C=CC=CC1(C)P(C1CCCCC1)C1(C)C=CC=CC1C. The van der Waals surface area contributed by atoms with E-state index < -0.39 is 0 Å². The summed E-state index contributed by atoms with van der Waals surface area (Å²) in [5.41, 5.74) is 0.922. The van der Waals surface area contributed by atoms with Gasteiger partial charge in [-0.15, -0.1) is 0 Å². The number of allylic oxidation sites excluding steroid dienone is 8. The number of hydrogen-bond donors (Lipinski definition) is 0. The van der Waals surface area contributed by atoms with Crippen molar-refractivity contribution in [2.75, 3.05) is 0 Å². The first-order chi connectivity index (χ1) is 11.0. The summed E-state index contributed by atoms with van der Waals surface area (Å²) in [6.45, 7) is 9.99. The zero-order valence-corrected chi connectivity index (χ0v) is 16.2. The van der Waals surface area contributed by atoms with Crippen LogP contribution in [0, 0.1) is 11.8 Å². The average Bonchev–Trinajstić information content (AvgIpc) is 2.55. The maximum Gasteiger partial charge on any atom is 0.0129 e. The fraction of sp³-hybridized carbons (Fsp3) is 0.636. The highest BCUT2D eigenvalue weighted by Gasteiger charge is 2.51. The predicted molar refractivity (Wildman–Crippen MR) is 105 cm³/mol. The molecule has 4 atom stereocenters. The maximum absolute atomic E-state index is 2.56. The lowest BCUT2D eigenvalue weighted by atomic mass is 9.89. The second-order valence-electron chi connectivity index (χ2n) is 8.18. The van der Waals surface area contributed by atoms with E-state index in [1.54, 1.807) is 0 Å². The lowest BCUT2D eigenvalue weighted by Gasteiger charge is -2.55. The van der Waals surface area contributed by atoms with E-state index in [2.05, 4.69) is 76.3 Å². The standard InChI is InChI=1S/C22H33P/c1-18-12-8-10-16-21(18,3)23(20-14-6-5-7-15-20)22(4)17-11-9-13-19(22)2/h8-13,16-20H,5-7,14-15H2,1-4H3. The fourth-order valence-corrected chi connectivity index (χ4v) is 9.94. The van der Waals surface area contributed by atoms with Crippen LogP contribution in [0.2, 0.25) is 0 Å². The Bertz CT molecular complexity index is 494. The highest BCUT2D eigenvalue weighted by atomic mass is 31.1. The van der Waals surface area contributed by atoms with Gasteiger partial charge in [0.2, 0.25) is 0 Å². The topological polar surface area (TPSA) is 0 Å². The molecule has 1 saturated carbocycles. The first-order valence-electron chi connectivity index (χ1n) is 9.50. The maximum atomic E-state index is 2.56. The molecule has 0 amide bonds. The van der Waals surface area contributed by atoms with Gasteiger partial charge in [-0.25, -0.2) is 0 Å². The molecule has 3 aliphatic rings. The Morgan fingerprint density at radius 3 is 1.65 bits per heavy atom. The van der Waals surface area contributed by atoms with Gasteiger partial charge >= 0.3 is 0 Å². The molecular weight excluding hydrogens is 295 g/mol. The summed E-state index contributed by atoms with van der Waals surface area (Å²) in [5, 5.41) is 0.648. The van der Waals surface area contributed by atoms with E-state index in [4.69, 9.17) is 0 Å². The van der Waals surface area contributed by atoms with E-state index in [9.17, 15) is 0 Å². The van der Waals surface area contributed by atoms with E-state index in [1.807, 2.05) is 0 Å². The van der Waals surface area contributed by atoms with Crippen LogP contribution >= 0.6 is 7.92 Å². The van der Waals surface area contributed by atoms with E-state index in [-0.39, 0.29) is 7.92 Å². The van der Waals surface area contributed by atoms with Gasteiger partial charge in [-0.3, -0.25) is 0 Å². The minimum atomic E-state index is -0.134. The molecule has 0 aliphatic heterocycles. The van der Waals surface area contributed by atoms with Crippen LogP contribution in [0.1, 0.15) is 59.8 Å². The Kier molecular flexibility index (Phi) is 5.03. The van der Waals surface area contributed by atoms with Gasteiger partial charge in [0.05, 0.1) is 0 Å². The monoisotopic (exact) mass is 328 g/mol. The van der Waals surface area contributed by atoms with Crippen molar-refractivity contribution in [3.05, 3.63) is 48.6 Å². The molecule has 0 nitrogen and oxygen atoms in total. The van der Waals surface area contributed by atoms with Crippen LogP contribution in [-0.4, -0.2) is 16.0 Å². The smallest absolute Gasteiger partial charge is 0.0129 e. The average molecular weight is 328 g/mol. The summed E-state index contributed by atoms with van der Waals surface area (Å²) in [4.78, 5) is 0. The minimum absolute atomic E-state index is 0.134. The largest absolute Gasteiger partial charge is 0.0823 e. The molecule has 0 spiro atoms. The van der Waals surface area contributed by atoms with Gasteiger partial charge in [0, 0.05) is 10.3 Å². The molecule has 0 N–H and O–H groups in total. The minimum Gasteiger partial charge on any atom is -0.0823 e. The third kappa shape index (κ3) is 3.05. The van der Waals surface area contributed by atoms with Crippen molar-refractivity contribution in [2.24, 2.45) is 11.8 Å². The van der Waals surface area contributed by atoms with Crippen LogP contribution in [-0.2, 0) is 0 Å². The molecule has 1 fully saturated rings. The molecular formula is C22H33P. The first-order valence-corrected chi connectivity index (χ1v) is 10.9. The second kappa shape index (κ2) is 6.72. The van der Waals surface area contributed by atoms with Gasteiger partial charge in [0.15, 0.2) is 0 Å². The van der Waals surface area contributed by atoms with Crippen LogP contribution in [0.4, 0.5) is 0 Å². The molecule has 0 heterocycles. The molecule has 0 aromatic heterocycles. The summed E-state index contributed by atoms with van der Waals surface area (Å²) >= 11 is 0. The van der Waals surface area contributed by atoms with Crippen molar-refractivity contribution in [1.82, 2.24) is 0 Å². The van der Waals surface area contributed by atoms with E-state index in [0.29, 0.717) is 22.1 Å². The van der Waals surface area contributed by atoms with Crippen LogP contribution in [0.25, 0.3) is 0 Å². The highest BCUT2D eigenvalue weighted by Crippen LogP contribution is 2.71. The Morgan fingerprint density at radius 1 is 0.739 bits per heavy atom. The second-order valence-corrected chi connectivity index (χ2v) is 11.6. The molecule has 126 valence electrons. The van der Waals surface area contributed by atoms with Gasteiger partial charge < -0.3 is 0 Å². The summed E-state index contributed by atoms with van der Waals surface area (Å²) in [6.07, 6.45) is 26.4. The zero-order valence-electron chi connectivity index (χ0n) is 15.3. The Morgan fingerprint density at radius 2 is 1.22 bits per heavy atom.